The first-order chi connectivity index (χ1) is 12.6. The third kappa shape index (κ3) is 2.48. The number of amides is 1. The molecular formula is C21H19ClN2O2. The SMILES string of the molecule is O=C1NC2(CCCCC2)Oc2ccc(-n3ccc4cc(Cl)ccc43)cc21. The number of ether oxygens (including phenoxy) is 1. The van der Waals surface area contributed by atoms with E-state index in [1.54, 1.807) is 0 Å². The molecule has 1 N–H and O–H groups in total. The number of fused-ring (bicyclic) bond motifs is 2. The minimum absolute atomic E-state index is 0.0468. The maximum Gasteiger partial charge on any atom is 0.258 e. The van der Waals surface area contributed by atoms with Crippen LogP contribution in [0.15, 0.2) is 48.7 Å². The molecule has 1 fully saturated rings. The minimum atomic E-state index is -0.513. The third-order valence-electron chi connectivity index (χ3n) is 5.45. The van der Waals surface area contributed by atoms with Crippen molar-refractivity contribution in [3.8, 4) is 11.4 Å². The van der Waals surface area contributed by atoms with Crippen molar-refractivity contribution >= 4 is 28.4 Å². The average molecular weight is 367 g/mol. The van der Waals surface area contributed by atoms with Gasteiger partial charge < -0.3 is 14.6 Å². The van der Waals surface area contributed by atoms with Crippen molar-refractivity contribution in [1.82, 2.24) is 9.88 Å². The van der Waals surface area contributed by atoms with E-state index >= 15 is 0 Å². The van der Waals surface area contributed by atoms with Gasteiger partial charge in [-0.25, -0.2) is 0 Å². The van der Waals surface area contributed by atoms with E-state index in [2.05, 4.69) is 9.88 Å². The van der Waals surface area contributed by atoms with E-state index < -0.39 is 5.72 Å². The van der Waals surface area contributed by atoms with Crippen LogP contribution in [0.5, 0.6) is 5.75 Å². The van der Waals surface area contributed by atoms with Gasteiger partial charge in [0, 0.05) is 35.1 Å². The highest BCUT2D eigenvalue weighted by Gasteiger charge is 2.40. The van der Waals surface area contributed by atoms with Gasteiger partial charge in [0.05, 0.1) is 11.1 Å². The fourth-order valence-corrected chi connectivity index (χ4v) is 4.31. The molecule has 3 aromatic rings. The van der Waals surface area contributed by atoms with E-state index in [4.69, 9.17) is 16.3 Å². The molecule has 1 aromatic heterocycles. The number of hydrogen-bond donors (Lipinski definition) is 1. The number of hydrogen-bond acceptors (Lipinski definition) is 2. The number of rotatable bonds is 1. The first kappa shape index (κ1) is 15.8. The molecule has 1 amide bonds. The standard InChI is InChI=1S/C21H19ClN2O2/c22-15-4-6-18-14(12-15)8-11-24(18)16-5-7-19-17(13-16)20(25)23-21(26-19)9-2-1-3-10-21/h4-8,11-13H,1-3,9-10H2,(H,23,25). The molecular weight excluding hydrogens is 348 g/mol. The summed E-state index contributed by atoms with van der Waals surface area (Å²) in [5.41, 5.74) is 2.06. The molecule has 0 radical (unpaired) electrons. The van der Waals surface area contributed by atoms with Crippen molar-refractivity contribution in [2.45, 2.75) is 37.8 Å². The van der Waals surface area contributed by atoms with Crippen LogP contribution >= 0.6 is 11.6 Å². The second-order valence-electron chi connectivity index (χ2n) is 7.18. The van der Waals surface area contributed by atoms with Crippen LogP contribution in [-0.2, 0) is 0 Å². The Morgan fingerprint density at radius 1 is 1.04 bits per heavy atom. The van der Waals surface area contributed by atoms with Gasteiger partial charge in [-0.1, -0.05) is 18.0 Å². The number of nitrogens with zero attached hydrogens (tertiary/aromatic N) is 1. The maximum atomic E-state index is 12.8. The summed E-state index contributed by atoms with van der Waals surface area (Å²) in [6, 6.07) is 13.6. The summed E-state index contributed by atoms with van der Waals surface area (Å²) in [6.45, 7) is 0. The number of halogens is 1. The number of carbonyl (C=O) groups is 1. The molecule has 0 unspecified atom stereocenters. The van der Waals surface area contributed by atoms with Crippen LogP contribution < -0.4 is 10.1 Å². The summed E-state index contributed by atoms with van der Waals surface area (Å²) < 4.78 is 8.31. The van der Waals surface area contributed by atoms with Gasteiger partial charge in [0.1, 0.15) is 5.75 Å². The van der Waals surface area contributed by atoms with Crippen molar-refractivity contribution in [1.29, 1.82) is 0 Å². The predicted octanol–water partition coefficient (Wildman–Crippen LogP) is 5.07. The molecule has 0 bridgehead atoms. The first-order valence-electron chi connectivity index (χ1n) is 9.06. The van der Waals surface area contributed by atoms with E-state index in [1.807, 2.05) is 48.7 Å². The monoisotopic (exact) mass is 366 g/mol. The van der Waals surface area contributed by atoms with Crippen molar-refractivity contribution in [2.75, 3.05) is 0 Å². The zero-order valence-electron chi connectivity index (χ0n) is 14.3. The molecule has 2 heterocycles. The van der Waals surface area contributed by atoms with Crippen molar-refractivity contribution in [2.24, 2.45) is 0 Å². The van der Waals surface area contributed by atoms with Gasteiger partial charge in [0.15, 0.2) is 5.72 Å². The lowest BCUT2D eigenvalue weighted by atomic mass is 9.90. The number of carbonyl (C=O) groups excluding carboxylic acids is 1. The molecule has 26 heavy (non-hydrogen) atoms. The zero-order chi connectivity index (χ0) is 17.7. The Hall–Kier alpha value is -2.46. The molecule has 132 valence electrons. The predicted molar refractivity (Wildman–Crippen MR) is 102 cm³/mol. The average Bonchev–Trinajstić information content (AvgIpc) is 3.05. The molecule has 1 saturated carbocycles. The molecule has 0 saturated heterocycles. The van der Waals surface area contributed by atoms with Crippen LogP contribution in [0.3, 0.4) is 0 Å². The minimum Gasteiger partial charge on any atom is -0.467 e. The molecule has 1 spiro atoms. The van der Waals surface area contributed by atoms with Crippen LogP contribution in [0.1, 0.15) is 42.5 Å². The summed E-state index contributed by atoms with van der Waals surface area (Å²) in [4.78, 5) is 12.8. The first-order valence-corrected chi connectivity index (χ1v) is 9.44. The van der Waals surface area contributed by atoms with Crippen molar-refractivity contribution < 1.29 is 9.53 Å². The van der Waals surface area contributed by atoms with Gasteiger partial charge in [-0.05, 0) is 55.3 Å². The molecule has 1 aliphatic heterocycles. The van der Waals surface area contributed by atoms with E-state index in [1.165, 1.54) is 6.42 Å². The fraction of sp³-hybridized carbons (Fsp3) is 0.286. The molecule has 2 aliphatic rings. The van der Waals surface area contributed by atoms with E-state index in [9.17, 15) is 4.79 Å². The lowest BCUT2D eigenvalue weighted by Gasteiger charge is -2.41. The second kappa shape index (κ2) is 5.78. The number of benzene rings is 2. The van der Waals surface area contributed by atoms with Gasteiger partial charge in [0.25, 0.3) is 5.91 Å². The van der Waals surface area contributed by atoms with Crippen molar-refractivity contribution in [3.63, 3.8) is 0 Å². The zero-order valence-corrected chi connectivity index (χ0v) is 15.1. The Kier molecular flexibility index (Phi) is 3.50. The van der Waals surface area contributed by atoms with Gasteiger partial charge >= 0.3 is 0 Å². The molecule has 5 rings (SSSR count). The topological polar surface area (TPSA) is 43.3 Å². The highest BCUT2D eigenvalue weighted by Crippen LogP contribution is 2.37. The van der Waals surface area contributed by atoms with Gasteiger partial charge in [-0.2, -0.15) is 0 Å². The summed E-state index contributed by atoms with van der Waals surface area (Å²) in [6.07, 6.45) is 7.13. The van der Waals surface area contributed by atoms with E-state index in [0.29, 0.717) is 16.3 Å². The molecule has 1 aliphatic carbocycles. The number of nitrogens with one attached hydrogen (secondary N) is 1. The van der Waals surface area contributed by atoms with Gasteiger partial charge in [-0.3, -0.25) is 4.79 Å². The lowest BCUT2D eigenvalue weighted by molar-refractivity contribution is -0.00863. The quantitative estimate of drug-likeness (QED) is 0.653. The number of aromatic nitrogens is 1. The highest BCUT2D eigenvalue weighted by molar-refractivity contribution is 6.31. The van der Waals surface area contributed by atoms with E-state index in [-0.39, 0.29) is 5.91 Å². The normalized spacial score (nSPS) is 18.4. The van der Waals surface area contributed by atoms with Crippen LogP contribution in [0.2, 0.25) is 5.02 Å². The second-order valence-corrected chi connectivity index (χ2v) is 7.62. The fourth-order valence-electron chi connectivity index (χ4n) is 4.13. The smallest absolute Gasteiger partial charge is 0.258 e. The largest absolute Gasteiger partial charge is 0.467 e. The van der Waals surface area contributed by atoms with Crippen LogP contribution in [0.25, 0.3) is 16.6 Å². The molecule has 5 heteroatoms. The Bertz CT molecular complexity index is 1020. The Morgan fingerprint density at radius 2 is 1.88 bits per heavy atom. The van der Waals surface area contributed by atoms with Crippen LogP contribution in [0.4, 0.5) is 0 Å². The highest BCUT2D eigenvalue weighted by atomic mass is 35.5. The Labute approximate surface area is 156 Å². The third-order valence-corrected chi connectivity index (χ3v) is 5.68. The molecule has 0 atom stereocenters. The van der Waals surface area contributed by atoms with Gasteiger partial charge in [-0.15, -0.1) is 0 Å². The van der Waals surface area contributed by atoms with Crippen molar-refractivity contribution in [3.05, 3.63) is 59.2 Å². The molecule has 2 aromatic carbocycles. The van der Waals surface area contributed by atoms with Crippen LogP contribution in [0, 0.1) is 0 Å². The maximum absolute atomic E-state index is 12.8. The van der Waals surface area contributed by atoms with E-state index in [0.717, 1.165) is 42.3 Å². The lowest BCUT2D eigenvalue weighted by Crippen LogP contribution is -2.56. The molecule has 4 nitrogen and oxygen atoms in total. The summed E-state index contributed by atoms with van der Waals surface area (Å²) in [5, 5.41) is 4.90. The summed E-state index contributed by atoms with van der Waals surface area (Å²) in [5.74, 6) is 0.633. The van der Waals surface area contributed by atoms with Crippen LogP contribution in [-0.4, -0.2) is 16.2 Å². The summed E-state index contributed by atoms with van der Waals surface area (Å²) >= 11 is 6.08. The summed E-state index contributed by atoms with van der Waals surface area (Å²) in [7, 11) is 0. The van der Waals surface area contributed by atoms with Gasteiger partial charge in [0.2, 0.25) is 0 Å². The Morgan fingerprint density at radius 3 is 2.73 bits per heavy atom. The Balaban J connectivity index is 1.55.